The van der Waals surface area contributed by atoms with Gasteiger partial charge in [0.25, 0.3) is 0 Å². The van der Waals surface area contributed by atoms with E-state index < -0.39 is 0 Å². The number of hydrazine groups is 1. The lowest BCUT2D eigenvalue weighted by atomic mass is 9.90. The number of rotatable bonds is 3. The fourth-order valence-corrected chi connectivity index (χ4v) is 3.13. The topological polar surface area (TPSA) is 44.5 Å². The molecule has 3 N–H and O–H groups in total. The largest absolute Gasteiger partial charge is 0.303 e. The molecule has 1 aliphatic heterocycles. The highest BCUT2D eigenvalue weighted by Gasteiger charge is 2.31. The Morgan fingerprint density at radius 2 is 1.75 bits per heavy atom. The average molecular weight is 276 g/mol. The molecule has 1 aliphatic rings. The van der Waals surface area contributed by atoms with Crippen molar-refractivity contribution in [1.82, 2.24) is 15.2 Å². The maximum Gasteiger partial charge on any atom is 0.0630 e. The van der Waals surface area contributed by atoms with Gasteiger partial charge in [-0.05, 0) is 57.1 Å². The number of hydrogen-bond acceptors (Lipinski definition) is 4. The summed E-state index contributed by atoms with van der Waals surface area (Å²) in [6, 6.07) is 5.13. The fourth-order valence-electron chi connectivity index (χ4n) is 3.13. The van der Waals surface area contributed by atoms with Crippen LogP contribution in [0.15, 0.2) is 12.1 Å². The molecule has 1 saturated heterocycles. The number of benzene rings is 1. The highest BCUT2D eigenvalue weighted by Crippen LogP contribution is 2.27. The van der Waals surface area contributed by atoms with Gasteiger partial charge in [0.05, 0.1) is 6.04 Å². The second kappa shape index (κ2) is 6.22. The SMILES string of the molecule is Cc1cc(C)c(C(NN)C2CN(C)CCN2C)cc1C. The molecule has 2 rings (SSSR count). The summed E-state index contributed by atoms with van der Waals surface area (Å²) < 4.78 is 0. The summed E-state index contributed by atoms with van der Waals surface area (Å²) in [5, 5.41) is 0. The van der Waals surface area contributed by atoms with E-state index in [4.69, 9.17) is 5.84 Å². The van der Waals surface area contributed by atoms with E-state index >= 15 is 0 Å². The van der Waals surface area contributed by atoms with Crippen molar-refractivity contribution in [2.75, 3.05) is 33.7 Å². The van der Waals surface area contributed by atoms with Crippen molar-refractivity contribution in [1.29, 1.82) is 0 Å². The van der Waals surface area contributed by atoms with Crippen molar-refractivity contribution in [2.45, 2.75) is 32.9 Å². The van der Waals surface area contributed by atoms with Crippen LogP contribution in [0.1, 0.15) is 28.3 Å². The molecule has 2 atom stereocenters. The molecule has 0 aliphatic carbocycles. The van der Waals surface area contributed by atoms with Crippen LogP contribution in [-0.2, 0) is 0 Å². The molecule has 0 aromatic heterocycles. The summed E-state index contributed by atoms with van der Waals surface area (Å²) in [5.74, 6) is 5.91. The van der Waals surface area contributed by atoms with Gasteiger partial charge in [0.2, 0.25) is 0 Å². The Hall–Kier alpha value is -0.940. The Kier molecular flexibility index (Phi) is 4.81. The molecule has 0 bridgehead atoms. The molecular formula is C16H28N4. The number of piperazine rings is 1. The van der Waals surface area contributed by atoms with E-state index in [1.165, 1.54) is 22.3 Å². The Bertz CT molecular complexity index is 472. The minimum atomic E-state index is 0.169. The number of hydrogen-bond donors (Lipinski definition) is 2. The predicted octanol–water partition coefficient (Wildman–Crippen LogP) is 1.36. The van der Waals surface area contributed by atoms with Crippen molar-refractivity contribution in [3.8, 4) is 0 Å². The number of aryl methyl sites for hydroxylation is 3. The molecule has 0 saturated carbocycles. The zero-order valence-corrected chi connectivity index (χ0v) is 13.4. The second-order valence-corrected chi connectivity index (χ2v) is 6.25. The molecule has 0 spiro atoms. The van der Waals surface area contributed by atoms with Crippen LogP contribution in [0.25, 0.3) is 0 Å². The maximum absolute atomic E-state index is 5.91. The van der Waals surface area contributed by atoms with E-state index in [1.54, 1.807) is 0 Å². The number of nitrogens with one attached hydrogen (secondary N) is 1. The van der Waals surface area contributed by atoms with Gasteiger partial charge in [0.1, 0.15) is 0 Å². The number of nitrogens with zero attached hydrogens (tertiary/aromatic N) is 2. The van der Waals surface area contributed by atoms with Crippen LogP contribution in [0.2, 0.25) is 0 Å². The zero-order valence-electron chi connectivity index (χ0n) is 13.4. The minimum Gasteiger partial charge on any atom is -0.303 e. The van der Waals surface area contributed by atoms with Crippen molar-refractivity contribution >= 4 is 0 Å². The van der Waals surface area contributed by atoms with Gasteiger partial charge in [-0.15, -0.1) is 0 Å². The molecule has 0 radical (unpaired) electrons. The number of likely N-dealkylation sites (N-methyl/N-ethyl adjacent to an activating group) is 2. The summed E-state index contributed by atoms with van der Waals surface area (Å²) >= 11 is 0. The Balaban J connectivity index is 2.34. The first-order chi connectivity index (χ1) is 9.43. The Labute approximate surface area is 122 Å². The molecule has 4 nitrogen and oxygen atoms in total. The normalized spacial score (nSPS) is 23.0. The summed E-state index contributed by atoms with van der Waals surface area (Å²) in [4.78, 5) is 4.80. The summed E-state index contributed by atoms with van der Waals surface area (Å²) in [6.07, 6.45) is 0. The van der Waals surface area contributed by atoms with Crippen LogP contribution >= 0.6 is 0 Å². The van der Waals surface area contributed by atoms with Gasteiger partial charge in [0, 0.05) is 25.7 Å². The highest BCUT2D eigenvalue weighted by molar-refractivity contribution is 5.39. The van der Waals surface area contributed by atoms with Crippen LogP contribution in [0.5, 0.6) is 0 Å². The number of nitrogens with two attached hydrogens (primary N) is 1. The standard InChI is InChI=1S/C16H28N4/c1-11-8-13(3)14(9-12(11)2)16(18-17)15-10-19(4)6-7-20(15)5/h8-9,15-16,18H,6-7,10,17H2,1-5H3. The fraction of sp³-hybridized carbons (Fsp3) is 0.625. The van der Waals surface area contributed by atoms with Gasteiger partial charge >= 0.3 is 0 Å². The Morgan fingerprint density at radius 3 is 2.40 bits per heavy atom. The zero-order chi connectivity index (χ0) is 14.9. The molecule has 1 heterocycles. The molecule has 20 heavy (non-hydrogen) atoms. The molecule has 4 heteroatoms. The highest BCUT2D eigenvalue weighted by atomic mass is 15.3. The van der Waals surface area contributed by atoms with Crippen LogP contribution in [-0.4, -0.2) is 49.6 Å². The first kappa shape index (κ1) is 15.4. The van der Waals surface area contributed by atoms with Crippen molar-refractivity contribution in [3.63, 3.8) is 0 Å². The minimum absolute atomic E-state index is 0.169. The van der Waals surface area contributed by atoms with Crippen molar-refractivity contribution in [2.24, 2.45) is 5.84 Å². The lowest BCUT2D eigenvalue weighted by Gasteiger charge is -2.42. The van der Waals surface area contributed by atoms with Crippen molar-refractivity contribution in [3.05, 3.63) is 34.4 Å². The molecule has 1 aromatic rings. The third-order valence-electron chi connectivity index (χ3n) is 4.68. The second-order valence-electron chi connectivity index (χ2n) is 6.25. The Morgan fingerprint density at radius 1 is 1.10 bits per heavy atom. The van der Waals surface area contributed by atoms with E-state index in [2.05, 4.69) is 62.2 Å². The van der Waals surface area contributed by atoms with E-state index in [-0.39, 0.29) is 6.04 Å². The van der Waals surface area contributed by atoms with Gasteiger partial charge in [-0.1, -0.05) is 12.1 Å². The lowest BCUT2D eigenvalue weighted by Crippen LogP contribution is -2.56. The van der Waals surface area contributed by atoms with Gasteiger partial charge in [-0.3, -0.25) is 16.2 Å². The van der Waals surface area contributed by atoms with Crippen LogP contribution in [0.3, 0.4) is 0 Å². The molecule has 1 aromatic carbocycles. The predicted molar refractivity (Wildman–Crippen MR) is 84.6 cm³/mol. The maximum atomic E-state index is 5.91. The van der Waals surface area contributed by atoms with Crippen molar-refractivity contribution < 1.29 is 0 Å². The van der Waals surface area contributed by atoms with E-state index in [0.29, 0.717) is 6.04 Å². The van der Waals surface area contributed by atoms with Crippen LogP contribution < -0.4 is 11.3 Å². The van der Waals surface area contributed by atoms with Gasteiger partial charge in [0.15, 0.2) is 0 Å². The molecule has 2 unspecified atom stereocenters. The van der Waals surface area contributed by atoms with E-state index in [1.807, 2.05) is 0 Å². The first-order valence-electron chi connectivity index (χ1n) is 7.36. The first-order valence-corrected chi connectivity index (χ1v) is 7.36. The third kappa shape index (κ3) is 3.04. The lowest BCUT2D eigenvalue weighted by molar-refractivity contribution is 0.0875. The van der Waals surface area contributed by atoms with Crippen LogP contribution in [0, 0.1) is 20.8 Å². The van der Waals surface area contributed by atoms with Gasteiger partial charge < -0.3 is 4.90 Å². The molecule has 1 fully saturated rings. The van der Waals surface area contributed by atoms with Crippen LogP contribution in [0.4, 0.5) is 0 Å². The van der Waals surface area contributed by atoms with Gasteiger partial charge in [-0.25, -0.2) is 0 Å². The third-order valence-corrected chi connectivity index (χ3v) is 4.68. The van der Waals surface area contributed by atoms with Gasteiger partial charge in [-0.2, -0.15) is 0 Å². The summed E-state index contributed by atoms with van der Waals surface area (Å²) in [6.45, 7) is 9.76. The molecule has 112 valence electrons. The smallest absolute Gasteiger partial charge is 0.0630 e. The average Bonchev–Trinajstić information content (AvgIpc) is 2.40. The monoisotopic (exact) mass is 276 g/mol. The quantitative estimate of drug-likeness (QED) is 0.646. The summed E-state index contributed by atoms with van der Waals surface area (Å²) in [7, 11) is 4.37. The molecular weight excluding hydrogens is 248 g/mol. The molecule has 0 amide bonds. The summed E-state index contributed by atoms with van der Waals surface area (Å²) in [5.41, 5.74) is 8.37. The van der Waals surface area contributed by atoms with E-state index in [9.17, 15) is 0 Å². The van der Waals surface area contributed by atoms with E-state index in [0.717, 1.165) is 19.6 Å².